The van der Waals surface area contributed by atoms with Gasteiger partial charge in [0.1, 0.15) is 6.04 Å². The molecule has 0 heterocycles. The average Bonchev–Trinajstić information content (AvgIpc) is 2.96. The van der Waals surface area contributed by atoms with Gasteiger partial charge < -0.3 is 16.0 Å². The highest BCUT2D eigenvalue weighted by Gasteiger charge is 2.30. The zero-order valence-electron chi connectivity index (χ0n) is 21.5. The van der Waals surface area contributed by atoms with Gasteiger partial charge in [0, 0.05) is 23.4 Å². The summed E-state index contributed by atoms with van der Waals surface area (Å²) in [4.78, 5) is 38.4. The quantitative estimate of drug-likeness (QED) is 0.252. The fourth-order valence-electron chi connectivity index (χ4n) is 3.99. The van der Waals surface area contributed by atoms with Crippen molar-refractivity contribution in [3.8, 4) is 11.1 Å². The second-order valence-corrected chi connectivity index (χ2v) is 9.05. The summed E-state index contributed by atoms with van der Waals surface area (Å²) in [6.45, 7) is 1.90. The molecule has 3 N–H and O–H groups in total. The molecule has 4 aromatic carbocycles. The SMILES string of the molecule is CC(NC(=O)c1cccc(NC(=O)c2ccccc2-c2ccc(C(F)(F)F)cc2)c1)C(=O)NCc1ccccc1. The molecule has 1 atom stereocenters. The molecule has 204 valence electrons. The first-order valence-corrected chi connectivity index (χ1v) is 12.4. The number of halogens is 3. The zero-order chi connectivity index (χ0) is 28.7. The van der Waals surface area contributed by atoms with Crippen LogP contribution in [0, 0.1) is 0 Å². The second kappa shape index (κ2) is 12.3. The maximum Gasteiger partial charge on any atom is 0.416 e. The van der Waals surface area contributed by atoms with E-state index in [1.165, 1.54) is 18.2 Å². The second-order valence-electron chi connectivity index (χ2n) is 9.05. The lowest BCUT2D eigenvalue weighted by molar-refractivity contribution is -0.137. The van der Waals surface area contributed by atoms with E-state index in [0.717, 1.165) is 17.7 Å². The summed E-state index contributed by atoms with van der Waals surface area (Å²) in [5, 5.41) is 8.16. The summed E-state index contributed by atoms with van der Waals surface area (Å²) in [6.07, 6.45) is -4.46. The normalized spacial score (nSPS) is 11.8. The summed E-state index contributed by atoms with van der Waals surface area (Å²) in [5.41, 5.74) is 1.87. The number of amides is 3. The Morgan fingerprint density at radius 2 is 1.45 bits per heavy atom. The lowest BCUT2D eigenvalue weighted by Crippen LogP contribution is -2.44. The molecule has 1 unspecified atom stereocenters. The van der Waals surface area contributed by atoms with Crippen molar-refractivity contribution in [2.24, 2.45) is 0 Å². The van der Waals surface area contributed by atoms with E-state index < -0.39 is 29.6 Å². The molecular formula is C31H26F3N3O3. The first kappa shape index (κ1) is 28.1. The van der Waals surface area contributed by atoms with Crippen molar-refractivity contribution in [1.29, 1.82) is 0 Å². The lowest BCUT2D eigenvalue weighted by Gasteiger charge is -2.15. The smallest absolute Gasteiger partial charge is 0.350 e. The molecule has 0 saturated carbocycles. The van der Waals surface area contributed by atoms with E-state index in [-0.39, 0.29) is 17.0 Å². The molecule has 0 fully saturated rings. The van der Waals surface area contributed by atoms with Crippen LogP contribution in [0.3, 0.4) is 0 Å². The number of alkyl halides is 3. The minimum atomic E-state index is -4.46. The number of hydrogen-bond donors (Lipinski definition) is 3. The van der Waals surface area contributed by atoms with Crippen molar-refractivity contribution >= 4 is 23.4 Å². The Morgan fingerprint density at radius 1 is 0.775 bits per heavy atom. The molecule has 0 aliphatic heterocycles. The molecule has 0 bridgehead atoms. The van der Waals surface area contributed by atoms with Crippen molar-refractivity contribution in [1.82, 2.24) is 10.6 Å². The van der Waals surface area contributed by atoms with E-state index in [2.05, 4.69) is 16.0 Å². The summed E-state index contributed by atoms with van der Waals surface area (Å²) < 4.78 is 38.9. The van der Waals surface area contributed by atoms with Crippen LogP contribution in [-0.2, 0) is 17.5 Å². The van der Waals surface area contributed by atoms with Crippen molar-refractivity contribution in [3.05, 3.63) is 125 Å². The maximum atomic E-state index is 13.1. The molecule has 6 nitrogen and oxygen atoms in total. The Labute approximate surface area is 229 Å². The molecule has 3 amide bonds. The van der Waals surface area contributed by atoms with Gasteiger partial charge in [0.25, 0.3) is 11.8 Å². The van der Waals surface area contributed by atoms with Crippen molar-refractivity contribution < 1.29 is 27.6 Å². The predicted octanol–water partition coefficient (Wildman–Crippen LogP) is 6.06. The van der Waals surface area contributed by atoms with E-state index in [1.807, 2.05) is 30.3 Å². The number of rotatable bonds is 8. The molecule has 40 heavy (non-hydrogen) atoms. The predicted molar refractivity (Wildman–Crippen MR) is 146 cm³/mol. The zero-order valence-corrected chi connectivity index (χ0v) is 21.5. The van der Waals surface area contributed by atoms with Crippen LogP contribution in [-0.4, -0.2) is 23.8 Å². The van der Waals surface area contributed by atoms with Crippen molar-refractivity contribution in [3.63, 3.8) is 0 Å². The first-order chi connectivity index (χ1) is 19.1. The number of anilines is 1. The van der Waals surface area contributed by atoms with Crippen LogP contribution in [0.1, 0.15) is 38.8 Å². The van der Waals surface area contributed by atoms with Gasteiger partial charge in [-0.25, -0.2) is 0 Å². The fraction of sp³-hybridized carbons (Fsp3) is 0.129. The van der Waals surface area contributed by atoms with Gasteiger partial charge in [0.15, 0.2) is 0 Å². The molecule has 0 aliphatic carbocycles. The van der Waals surface area contributed by atoms with Gasteiger partial charge in [-0.15, -0.1) is 0 Å². The van der Waals surface area contributed by atoms with Gasteiger partial charge in [-0.2, -0.15) is 13.2 Å². The number of carbonyl (C=O) groups excluding carboxylic acids is 3. The monoisotopic (exact) mass is 545 g/mol. The summed E-state index contributed by atoms with van der Waals surface area (Å²) in [5.74, 6) is -1.34. The Morgan fingerprint density at radius 3 is 2.15 bits per heavy atom. The third-order valence-electron chi connectivity index (χ3n) is 6.13. The van der Waals surface area contributed by atoms with Crippen LogP contribution >= 0.6 is 0 Å². The molecule has 0 aromatic heterocycles. The van der Waals surface area contributed by atoms with E-state index in [1.54, 1.807) is 49.4 Å². The minimum absolute atomic E-state index is 0.233. The van der Waals surface area contributed by atoms with Crippen LogP contribution in [0.2, 0.25) is 0 Å². The molecule has 0 spiro atoms. The van der Waals surface area contributed by atoms with Crippen LogP contribution in [0.4, 0.5) is 18.9 Å². The number of nitrogens with one attached hydrogen (secondary N) is 3. The van der Waals surface area contributed by atoms with Crippen LogP contribution in [0.15, 0.2) is 103 Å². The number of benzene rings is 4. The summed E-state index contributed by atoms with van der Waals surface area (Å²) in [6, 6.07) is 25.9. The highest BCUT2D eigenvalue weighted by molar-refractivity contribution is 6.09. The highest BCUT2D eigenvalue weighted by atomic mass is 19.4. The molecule has 0 radical (unpaired) electrons. The van der Waals surface area contributed by atoms with Gasteiger partial charge in [-0.3, -0.25) is 14.4 Å². The van der Waals surface area contributed by atoms with Gasteiger partial charge in [0.2, 0.25) is 5.91 Å². The Balaban J connectivity index is 1.42. The minimum Gasteiger partial charge on any atom is -0.350 e. The van der Waals surface area contributed by atoms with E-state index in [4.69, 9.17) is 0 Å². The molecule has 4 aromatic rings. The van der Waals surface area contributed by atoms with Gasteiger partial charge in [-0.1, -0.05) is 66.7 Å². The molecule has 9 heteroatoms. The maximum absolute atomic E-state index is 13.1. The summed E-state index contributed by atoms with van der Waals surface area (Å²) >= 11 is 0. The fourth-order valence-corrected chi connectivity index (χ4v) is 3.99. The van der Waals surface area contributed by atoms with Gasteiger partial charge in [-0.05, 0) is 60.0 Å². The summed E-state index contributed by atoms with van der Waals surface area (Å²) in [7, 11) is 0. The number of carbonyl (C=O) groups is 3. The molecule has 0 saturated heterocycles. The molecular weight excluding hydrogens is 519 g/mol. The van der Waals surface area contributed by atoms with Crippen LogP contribution in [0.5, 0.6) is 0 Å². The molecule has 0 aliphatic rings. The average molecular weight is 546 g/mol. The lowest BCUT2D eigenvalue weighted by atomic mass is 9.98. The Bertz CT molecular complexity index is 1500. The largest absolute Gasteiger partial charge is 0.416 e. The standard InChI is InChI=1S/C31H26F3N3O3/c1-20(28(38)35-19-21-8-3-2-4-9-21)36-29(39)23-10-7-11-25(18-23)37-30(40)27-13-6-5-12-26(27)22-14-16-24(17-15-22)31(32,33)34/h2-18,20H,19H2,1H3,(H,35,38)(H,36,39)(H,37,40). The van der Waals surface area contributed by atoms with Gasteiger partial charge in [0.05, 0.1) is 5.56 Å². The van der Waals surface area contributed by atoms with Crippen LogP contribution in [0.25, 0.3) is 11.1 Å². The first-order valence-electron chi connectivity index (χ1n) is 12.4. The third kappa shape index (κ3) is 7.13. The Hall–Kier alpha value is -4.92. The third-order valence-corrected chi connectivity index (χ3v) is 6.13. The van der Waals surface area contributed by atoms with E-state index in [0.29, 0.717) is 23.4 Å². The van der Waals surface area contributed by atoms with E-state index >= 15 is 0 Å². The van der Waals surface area contributed by atoms with E-state index in [9.17, 15) is 27.6 Å². The highest BCUT2D eigenvalue weighted by Crippen LogP contribution is 2.32. The number of hydrogen-bond acceptors (Lipinski definition) is 3. The Kier molecular flexibility index (Phi) is 8.63. The molecule has 4 rings (SSSR count). The van der Waals surface area contributed by atoms with Crippen molar-refractivity contribution in [2.45, 2.75) is 25.7 Å². The van der Waals surface area contributed by atoms with Crippen LogP contribution < -0.4 is 16.0 Å². The topological polar surface area (TPSA) is 87.3 Å². The van der Waals surface area contributed by atoms with Gasteiger partial charge >= 0.3 is 6.18 Å². The van der Waals surface area contributed by atoms with Crippen molar-refractivity contribution in [2.75, 3.05) is 5.32 Å².